The third-order valence-electron chi connectivity index (χ3n) is 4.67. The lowest BCUT2D eigenvalue weighted by Gasteiger charge is -2.21. The molecule has 1 heterocycles. The van der Waals surface area contributed by atoms with Crippen molar-refractivity contribution in [2.45, 2.75) is 38.5 Å². The fourth-order valence-corrected chi connectivity index (χ4v) is 3.67. The van der Waals surface area contributed by atoms with Crippen molar-refractivity contribution in [2.24, 2.45) is 10.9 Å². The first kappa shape index (κ1) is 23.0. The van der Waals surface area contributed by atoms with Gasteiger partial charge < -0.3 is 20.1 Å². The SMILES string of the molecule is CCNC(=NCc1ccc(F)cc1CSC)NCCCOCC1CCOCC1. The van der Waals surface area contributed by atoms with Gasteiger partial charge in [0.1, 0.15) is 5.82 Å². The van der Waals surface area contributed by atoms with Crippen LogP contribution < -0.4 is 10.6 Å². The Balaban J connectivity index is 1.72. The Kier molecular flexibility index (Phi) is 11.3. The molecule has 1 fully saturated rings. The molecule has 0 bridgehead atoms. The minimum absolute atomic E-state index is 0.192. The van der Waals surface area contributed by atoms with Gasteiger partial charge in [-0.3, -0.25) is 0 Å². The second-order valence-electron chi connectivity index (χ2n) is 6.95. The van der Waals surface area contributed by atoms with E-state index in [9.17, 15) is 4.39 Å². The van der Waals surface area contributed by atoms with E-state index in [-0.39, 0.29) is 5.82 Å². The number of rotatable bonds is 11. The highest BCUT2D eigenvalue weighted by atomic mass is 32.2. The molecule has 1 aromatic rings. The van der Waals surface area contributed by atoms with E-state index in [0.29, 0.717) is 12.5 Å². The highest BCUT2D eigenvalue weighted by molar-refractivity contribution is 7.97. The Morgan fingerprint density at radius 2 is 2.11 bits per heavy atom. The summed E-state index contributed by atoms with van der Waals surface area (Å²) in [4.78, 5) is 4.66. The summed E-state index contributed by atoms with van der Waals surface area (Å²) in [5, 5.41) is 6.62. The molecular weight excluding hydrogens is 377 g/mol. The van der Waals surface area contributed by atoms with Crippen LogP contribution in [-0.2, 0) is 21.8 Å². The van der Waals surface area contributed by atoms with Crippen LogP contribution in [0.25, 0.3) is 0 Å². The molecule has 0 saturated carbocycles. The van der Waals surface area contributed by atoms with Gasteiger partial charge in [-0.05, 0) is 61.6 Å². The van der Waals surface area contributed by atoms with E-state index in [1.54, 1.807) is 17.8 Å². The molecule has 0 atom stereocenters. The second kappa shape index (κ2) is 13.8. The Morgan fingerprint density at radius 3 is 2.86 bits per heavy atom. The van der Waals surface area contributed by atoms with Crippen molar-refractivity contribution in [2.75, 3.05) is 45.8 Å². The molecule has 1 saturated heterocycles. The van der Waals surface area contributed by atoms with Crippen LogP contribution in [0.3, 0.4) is 0 Å². The number of halogens is 1. The second-order valence-corrected chi connectivity index (χ2v) is 7.82. The molecule has 28 heavy (non-hydrogen) atoms. The summed E-state index contributed by atoms with van der Waals surface area (Å²) in [6, 6.07) is 4.94. The maximum Gasteiger partial charge on any atom is 0.191 e. The van der Waals surface area contributed by atoms with Crippen molar-refractivity contribution >= 4 is 17.7 Å². The topological polar surface area (TPSA) is 54.9 Å². The minimum atomic E-state index is -0.192. The predicted molar refractivity (Wildman–Crippen MR) is 115 cm³/mol. The van der Waals surface area contributed by atoms with Crippen LogP contribution >= 0.6 is 11.8 Å². The van der Waals surface area contributed by atoms with E-state index in [2.05, 4.69) is 15.6 Å². The number of guanidine groups is 1. The Hall–Kier alpha value is -1.31. The molecule has 0 aromatic heterocycles. The van der Waals surface area contributed by atoms with Crippen molar-refractivity contribution in [1.82, 2.24) is 10.6 Å². The quantitative estimate of drug-likeness (QED) is 0.331. The summed E-state index contributed by atoms with van der Waals surface area (Å²) >= 11 is 1.69. The number of hydrogen-bond acceptors (Lipinski definition) is 4. The van der Waals surface area contributed by atoms with E-state index in [1.807, 2.05) is 19.2 Å². The number of nitrogens with one attached hydrogen (secondary N) is 2. The molecule has 2 rings (SSSR count). The number of nitrogens with zero attached hydrogens (tertiary/aromatic N) is 1. The molecule has 2 N–H and O–H groups in total. The maximum absolute atomic E-state index is 13.5. The molecule has 0 unspecified atom stereocenters. The third kappa shape index (κ3) is 8.80. The number of thioether (sulfide) groups is 1. The van der Waals surface area contributed by atoms with Crippen LogP contribution in [0.5, 0.6) is 0 Å². The minimum Gasteiger partial charge on any atom is -0.381 e. The molecule has 5 nitrogen and oxygen atoms in total. The van der Waals surface area contributed by atoms with Gasteiger partial charge in [0.15, 0.2) is 5.96 Å². The van der Waals surface area contributed by atoms with Gasteiger partial charge >= 0.3 is 0 Å². The van der Waals surface area contributed by atoms with Crippen molar-refractivity contribution in [3.05, 3.63) is 35.1 Å². The fraction of sp³-hybridized carbons (Fsp3) is 0.667. The first-order chi connectivity index (χ1) is 13.7. The summed E-state index contributed by atoms with van der Waals surface area (Å²) < 4.78 is 24.7. The average Bonchev–Trinajstić information content (AvgIpc) is 2.70. The number of hydrogen-bond donors (Lipinski definition) is 2. The molecule has 1 aromatic carbocycles. The van der Waals surface area contributed by atoms with E-state index < -0.39 is 0 Å². The third-order valence-corrected chi connectivity index (χ3v) is 5.27. The summed E-state index contributed by atoms with van der Waals surface area (Å²) in [5.41, 5.74) is 2.07. The van der Waals surface area contributed by atoms with Gasteiger partial charge in [-0.1, -0.05) is 6.07 Å². The molecule has 0 amide bonds. The van der Waals surface area contributed by atoms with E-state index in [0.717, 1.165) is 81.6 Å². The Bertz CT molecular complexity index is 595. The first-order valence-corrected chi connectivity index (χ1v) is 11.6. The zero-order valence-corrected chi connectivity index (χ0v) is 18.0. The maximum atomic E-state index is 13.5. The predicted octanol–water partition coefficient (Wildman–Crippen LogP) is 3.58. The van der Waals surface area contributed by atoms with Crippen molar-refractivity contribution in [1.29, 1.82) is 0 Å². The molecule has 1 aliphatic rings. The van der Waals surface area contributed by atoms with Crippen molar-refractivity contribution in [3.63, 3.8) is 0 Å². The number of ether oxygens (including phenoxy) is 2. The first-order valence-electron chi connectivity index (χ1n) is 10.2. The van der Waals surface area contributed by atoms with Crippen LogP contribution in [0.15, 0.2) is 23.2 Å². The molecular formula is C21H34FN3O2S. The molecule has 0 spiro atoms. The standard InChI is InChI=1S/C21H34FN3O2S/c1-3-23-21(24-9-4-10-27-15-17-7-11-26-12-8-17)25-14-18-5-6-20(22)13-19(18)16-28-2/h5-6,13,17H,3-4,7-12,14-16H2,1-2H3,(H2,23,24,25). The van der Waals surface area contributed by atoms with Crippen LogP contribution in [-0.4, -0.2) is 51.7 Å². The van der Waals surface area contributed by atoms with Crippen LogP contribution in [0.2, 0.25) is 0 Å². The van der Waals surface area contributed by atoms with Gasteiger partial charge in [-0.15, -0.1) is 0 Å². The lowest BCUT2D eigenvalue weighted by molar-refractivity contribution is 0.0203. The number of benzene rings is 1. The molecule has 0 radical (unpaired) electrons. The van der Waals surface area contributed by atoms with Gasteiger partial charge in [-0.2, -0.15) is 11.8 Å². The van der Waals surface area contributed by atoms with Crippen LogP contribution in [0.1, 0.15) is 37.3 Å². The van der Waals surface area contributed by atoms with E-state index in [4.69, 9.17) is 9.47 Å². The summed E-state index contributed by atoms with van der Waals surface area (Å²) in [6.07, 6.45) is 5.17. The van der Waals surface area contributed by atoms with Crippen LogP contribution in [0, 0.1) is 11.7 Å². The smallest absolute Gasteiger partial charge is 0.191 e. The summed E-state index contributed by atoms with van der Waals surface area (Å²) in [5.74, 6) is 2.03. The van der Waals surface area contributed by atoms with Crippen molar-refractivity contribution < 1.29 is 13.9 Å². The molecule has 158 valence electrons. The van der Waals surface area contributed by atoms with Crippen LogP contribution in [0.4, 0.5) is 4.39 Å². The zero-order chi connectivity index (χ0) is 20.0. The molecule has 7 heteroatoms. The highest BCUT2D eigenvalue weighted by Crippen LogP contribution is 2.17. The van der Waals surface area contributed by atoms with E-state index >= 15 is 0 Å². The average molecular weight is 412 g/mol. The highest BCUT2D eigenvalue weighted by Gasteiger charge is 2.13. The van der Waals surface area contributed by atoms with Gasteiger partial charge in [0.25, 0.3) is 0 Å². The molecule has 0 aliphatic carbocycles. The van der Waals surface area contributed by atoms with Gasteiger partial charge in [0.05, 0.1) is 6.54 Å². The van der Waals surface area contributed by atoms with Gasteiger partial charge in [0, 0.05) is 45.3 Å². The normalized spacial score (nSPS) is 15.6. The lowest BCUT2D eigenvalue weighted by Crippen LogP contribution is -2.38. The summed E-state index contributed by atoms with van der Waals surface area (Å²) in [6.45, 7) is 7.50. The Morgan fingerprint density at radius 1 is 1.29 bits per heavy atom. The summed E-state index contributed by atoms with van der Waals surface area (Å²) in [7, 11) is 0. The zero-order valence-electron chi connectivity index (χ0n) is 17.1. The van der Waals surface area contributed by atoms with Gasteiger partial charge in [0.2, 0.25) is 0 Å². The number of aliphatic imine (C=N–C) groups is 1. The monoisotopic (exact) mass is 411 g/mol. The fourth-order valence-electron chi connectivity index (χ4n) is 3.09. The Labute approximate surface area is 172 Å². The largest absolute Gasteiger partial charge is 0.381 e. The van der Waals surface area contributed by atoms with E-state index in [1.165, 1.54) is 6.07 Å². The van der Waals surface area contributed by atoms with Gasteiger partial charge in [-0.25, -0.2) is 9.38 Å². The lowest BCUT2D eigenvalue weighted by atomic mass is 10.0. The van der Waals surface area contributed by atoms with Crippen molar-refractivity contribution in [3.8, 4) is 0 Å². The molecule has 1 aliphatic heterocycles.